The van der Waals surface area contributed by atoms with Crippen molar-refractivity contribution in [2.75, 3.05) is 19.8 Å². The van der Waals surface area contributed by atoms with Gasteiger partial charge in [0.25, 0.3) is 0 Å². The summed E-state index contributed by atoms with van der Waals surface area (Å²) < 4.78 is 4.82. The minimum atomic E-state index is -1.01. The monoisotopic (exact) mass is 258 g/mol. The number of nitrogens with one attached hydrogen (secondary N) is 1. The van der Waals surface area contributed by atoms with Crippen LogP contribution in [0.4, 0.5) is 0 Å². The molecule has 0 aromatic rings. The number of carbonyl (C=O) groups is 2. The number of rotatable bonds is 7. The van der Waals surface area contributed by atoms with E-state index in [1.165, 1.54) is 6.42 Å². The van der Waals surface area contributed by atoms with Crippen molar-refractivity contribution >= 4 is 11.9 Å². The molecule has 1 fully saturated rings. The Balaban J connectivity index is 2.11. The van der Waals surface area contributed by atoms with Crippen molar-refractivity contribution in [1.82, 2.24) is 5.32 Å². The number of nitrogens with two attached hydrogens (primary N) is 1. The Labute approximate surface area is 107 Å². The average Bonchev–Trinajstić information content (AvgIpc) is 2.28. The molecule has 0 aromatic heterocycles. The van der Waals surface area contributed by atoms with Gasteiger partial charge in [0, 0.05) is 18.5 Å². The van der Waals surface area contributed by atoms with E-state index < -0.39 is 5.97 Å². The van der Waals surface area contributed by atoms with Crippen molar-refractivity contribution in [2.24, 2.45) is 5.73 Å². The maximum absolute atomic E-state index is 11.7. The first-order valence-corrected chi connectivity index (χ1v) is 6.37. The smallest absolute Gasteiger partial charge is 0.329 e. The van der Waals surface area contributed by atoms with Crippen LogP contribution < -0.4 is 11.1 Å². The van der Waals surface area contributed by atoms with Crippen LogP contribution in [0.2, 0.25) is 0 Å². The first kappa shape index (κ1) is 14.9. The fraction of sp³-hybridized carbons (Fsp3) is 0.833. The zero-order chi connectivity index (χ0) is 13.4. The van der Waals surface area contributed by atoms with Gasteiger partial charge in [0.05, 0.1) is 6.61 Å². The molecule has 0 radical (unpaired) electrons. The Morgan fingerprint density at radius 3 is 2.56 bits per heavy atom. The van der Waals surface area contributed by atoms with E-state index in [1.54, 1.807) is 0 Å². The van der Waals surface area contributed by atoms with Crippen molar-refractivity contribution in [3.63, 3.8) is 0 Å². The Bertz CT molecular complexity index is 288. The highest BCUT2D eigenvalue weighted by Crippen LogP contribution is 2.28. The minimum Gasteiger partial charge on any atom is -0.480 e. The molecule has 6 nitrogen and oxygen atoms in total. The van der Waals surface area contributed by atoms with E-state index in [4.69, 9.17) is 15.6 Å². The summed E-state index contributed by atoms with van der Waals surface area (Å²) in [5, 5.41) is 11.0. The summed E-state index contributed by atoms with van der Waals surface area (Å²) in [7, 11) is 0. The third-order valence-corrected chi connectivity index (χ3v) is 3.16. The summed E-state index contributed by atoms with van der Waals surface area (Å²) in [6.45, 7) is 0.189. The molecule has 18 heavy (non-hydrogen) atoms. The molecule has 1 aliphatic rings. The molecule has 0 unspecified atom stereocenters. The number of hydrogen-bond acceptors (Lipinski definition) is 4. The van der Waals surface area contributed by atoms with E-state index in [1.807, 2.05) is 0 Å². The number of amides is 1. The normalized spacial score (nSPS) is 18.3. The summed E-state index contributed by atoms with van der Waals surface area (Å²) in [6.07, 6.45) is 5.51. The lowest BCUT2D eigenvalue weighted by Gasteiger charge is -2.32. The summed E-state index contributed by atoms with van der Waals surface area (Å²) in [4.78, 5) is 21.8. The molecule has 6 heteroatoms. The highest BCUT2D eigenvalue weighted by Gasteiger charge is 2.29. The van der Waals surface area contributed by atoms with Crippen molar-refractivity contribution < 1.29 is 19.4 Å². The van der Waals surface area contributed by atoms with E-state index in [9.17, 15) is 9.59 Å². The third-order valence-electron chi connectivity index (χ3n) is 3.16. The van der Waals surface area contributed by atoms with E-state index in [2.05, 4.69) is 5.32 Å². The second kappa shape index (κ2) is 7.33. The number of carboxylic acids is 1. The standard InChI is InChI=1S/C12H22N2O4/c13-12(4-2-1-3-5-12)8-10(15)14-6-7-18-9-11(16)17/h1-9,13H2,(H,14,15)(H,16,17). The number of carbonyl (C=O) groups excluding carboxylic acids is 1. The first-order chi connectivity index (χ1) is 8.52. The molecule has 1 amide bonds. The molecule has 0 bridgehead atoms. The summed E-state index contributed by atoms with van der Waals surface area (Å²) in [5.41, 5.74) is 5.80. The van der Waals surface area contributed by atoms with Crippen LogP contribution in [0.1, 0.15) is 38.5 Å². The molecule has 1 rings (SSSR count). The van der Waals surface area contributed by atoms with Crippen LogP contribution in [0.3, 0.4) is 0 Å². The number of ether oxygens (including phenoxy) is 1. The van der Waals surface area contributed by atoms with Gasteiger partial charge in [-0.2, -0.15) is 0 Å². The zero-order valence-electron chi connectivity index (χ0n) is 10.6. The van der Waals surface area contributed by atoms with Gasteiger partial charge in [-0.1, -0.05) is 19.3 Å². The molecule has 0 atom stereocenters. The van der Waals surface area contributed by atoms with Crippen LogP contribution in [-0.2, 0) is 14.3 Å². The SMILES string of the molecule is NC1(CC(=O)NCCOCC(=O)O)CCCCC1. The van der Waals surface area contributed by atoms with Crippen LogP contribution in [-0.4, -0.2) is 42.3 Å². The number of hydrogen-bond donors (Lipinski definition) is 3. The van der Waals surface area contributed by atoms with Crippen molar-refractivity contribution in [1.29, 1.82) is 0 Å². The molecule has 1 aliphatic carbocycles. The quantitative estimate of drug-likeness (QED) is 0.568. The topological polar surface area (TPSA) is 102 Å². The largest absolute Gasteiger partial charge is 0.480 e. The lowest BCUT2D eigenvalue weighted by Crippen LogP contribution is -2.46. The van der Waals surface area contributed by atoms with E-state index in [0.717, 1.165) is 25.7 Å². The van der Waals surface area contributed by atoms with Gasteiger partial charge < -0.3 is 20.9 Å². The van der Waals surface area contributed by atoms with Gasteiger partial charge in [-0.15, -0.1) is 0 Å². The number of carboxylic acid groups (broad SMARTS) is 1. The third kappa shape index (κ3) is 5.97. The fourth-order valence-corrected chi connectivity index (χ4v) is 2.24. The predicted molar refractivity (Wildman–Crippen MR) is 66.1 cm³/mol. The Morgan fingerprint density at radius 1 is 1.28 bits per heavy atom. The van der Waals surface area contributed by atoms with Crippen LogP contribution in [0, 0.1) is 0 Å². The summed E-state index contributed by atoms with van der Waals surface area (Å²) >= 11 is 0. The molecule has 0 heterocycles. The van der Waals surface area contributed by atoms with Gasteiger partial charge in [-0.05, 0) is 12.8 Å². The highest BCUT2D eigenvalue weighted by atomic mass is 16.5. The fourth-order valence-electron chi connectivity index (χ4n) is 2.24. The lowest BCUT2D eigenvalue weighted by molar-refractivity contribution is -0.142. The van der Waals surface area contributed by atoms with Gasteiger partial charge in [-0.3, -0.25) is 4.79 Å². The first-order valence-electron chi connectivity index (χ1n) is 6.37. The van der Waals surface area contributed by atoms with Crippen molar-refractivity contribution in [3.8, 4) is 0 Å². The maximum atomic E-state index is 11.7. The second-order valence-corrected chi connectivity index (χ2v) is 4.90. The molecule has 0 spiro atoms. The van der Waals surface area contributed by atoms with Crippen LogP contribution in [0.15, 0.2) is 0 Å². The number of aliphatic carboxylic acids is 1. The van der Waals surface area contributed by atoms with Gasteiger partial charge in [-0.25, -0.2) is 4.79 Å². The van der Waals surface area contributed by atoms with Gasteiger partial charge in [0.1, 0.15) is 6.61 Å². The van der Waals surface area contributed by atoms with E-state index >= 15 is 0 Å². The van der Waals surface area contributed by atoms with E-state index in [0.29, 0.717) is 13.0 Å². The Hall–Kier alpha value is -1.14. The van der Waals surface area contributed by atoms with Crippen LogP contribution >= 0.6 is 0 Å². The summed E-state index contributed by atoms with van der Waals surface area (Å²) in [6, 6.07) is 0. The lowest BCUT2D eigenvalue weighted by atomic mass is 9.80. The average molecular weight is 258 g/mol. The Kier molecular flexibility index (Phi) is 6.07. The van der Waals surface area contributed by atoms with Gasteiger partial charge >= 0.3 is 5.97 Å². The molecular weight excluding hydrogens is 236 g/mol. The minimum absolute atomic E-state index is 0.0849. The van der Waals surface area contributed by atoms with E-state index in [-0.39, 0.29) is 24.7 Å². The molecule has 0 saturated heterocycles. The van der Waals surface area contributed by atoms with Gasteiger partial charge in [0.15, 0.2) is 0 Å². The Morgan fingerprint density at radius 2 is 1.94 bits per heavy atom. The van der Waals surface area contributed by atoms with Crippen LogP contribution in [0.5, 0.6) is 0 Å². The molecule has 104 valence electrons. The summed E-state index contributed by atoms with van der Waals surface area (Å²) in [5.74, 6) is -1.09. The predicted octanol–water partition coefficient (Wildman–Crippen LogP) is 0.255. The highest BCUT2D eigenvalue weighted by molar-refractivity contribution is 5.77. The molecule has 4 N–H and O–H groups in total. The molecule has 0 aromatic carbocycles. The zero-order valence-corrected chi connectivity index (χ0v) is 10.6. The molecule has 0 aliphatic heterocycles. The van der Waals surface area contributed by atoms with Crippen molar-refractivity contribution in [2.45, 2.75) is 44.1 Å². The second-order valence-electron chi connectivity index (χ2n) is 4.90. The maximum Gasteiger partial charge on any atom is 0.329 e. The van der Waals surface area contributed by atoms with Gasteiger partial charge in [0.2, 0.25) is 5.91 Å². The van der Waals surface area contributed by atoms with Crippen molar-refractivity contribution in [3.05, 3.63) is 0 Å². The molecular formula is C12H22N2O4. The molecule has 1 saturated carbocycles. The van der Waals surface area contributed by atoms with Crippen LogP contribution in [0.25, 0.3) is 0 Å².